The lowest BCUT2D eigenvalue weighted by molar-refractivity contribution is -0.114. The van der Waals surface area contributed by atoms with Crippen molar-refractivity contribution >= 4 is 35.0 Å². The summed E-state index contributed by atoms with van der Waals surface area (Å²) >= 11 is 6.44. The van der Waals surface area contributed by atoms with Crippen molar-refractivity contribution < 1.29 is 36.2 Å². The van der Waals surface area contributed by atoms with Crippen molar-refractivity contribution in [1.29, 1.82) is 5.26 Å². The van der Waals surface area contributed by atoms with Crippen LogP contribution in [0.2, 0.25) is 5.02 Å². The number of halogens is 6. The first kappa shape index (κ1) is 27.6. The first-order chi connectivity index (χ1) is 18.6. The maximum absolute atomic E-state index is 14.3. The van der Waals surface area contributed by atoms with Crippen LogP contribution in [0.1, 0.15) is 30.5 Å². The number of amides is 1. The highest BCUT2D eigenvalue weighted by atomic mass is 35.5. The lowest BCUT2D eigenvalue weighted by Crippen LogP contribution is -2.25. The number of hydrazone groups is 1. The zero-order valence-corrected chi connectivity index (χ0v) is 21.0. The van der Waals surface area contributed by atoms with E-state index in [-0.39, 0.29) is 46.0 Å². The first-order valence-corrected chi connectivity index (χ1v) is 11.7. The van der Waals surface area contributed by atoms with Crippen LogP contribution in [0.15, 0.2) is 47.1 Å². The van der Waals surface area contributed by atoms with E-state index in [9.17, 15) is 32.0 Å². The van der Waals surface area contributed by atoms with Crippen LogP contribution in [0.5, 0.6) is 11.5 Å². The number of benzene rings is 3. The van der Waals surface area contributed by atoms with Crippen LogP contribution in [-0.2, 0) is 11.4 Å². The Bertz CT molecular complexity index is 1570. The SMILES string of the molecule is CCOc1cc(/C=C2/C(=O)N(c3c(F)c(F)c(F)c(F)c3F)N=C2C)cc(Cl)c1OCc1ccccc1C#N. The molecular weight excluding hydrogens is 545 g/mol. The molecule has 0 aromatic heterocycles. The molecule has 1 heterocycles. The van der Waals surface area contributed by atoms with Gasteiger partial charge in [-0.1, -0.05) is 29.8 Å². The highest BCUT2D eigenvalue weighted by molar-refractivity contribution is 6.33. The van der Waals surface area contributed by atoms with Gasteiger partial charge in [0.15, 0.2) is 34.8 Å². The Labute approximate surface area is 224 Å². The minimum atomic E-state index is -2.35. The second kappa shape index (κ2) is 11.1. The molecule has 0 saturated carbocycles. The van der Waals surface area contributed by atoms with Gasteiger partial charge < -0.3 is 9.47 Å². The standard InChI is InChI=1S/C27H17ClF5N3O3/c1-3-38-19-10-14(9-18(28)26(19)39-12-16-7-5-4-6-15(16)11-34)8-17-13(2)35-36(27(17)37)25-23(32)21(30)20(29)22(31)24(25)33/h4-10H,3,12H2,1-2H3/b17-8+. The fraction of sp³-hybridized carbons (Fsp3) is 0.148. The van der Waals surface area contributed by atoms with Gasteiger partial charge in [-0.2, -0.15) is 15.4 Å². The van der Waals surface area contributed by atoms with Gasteiger partial charge >= 0.3 is 0 Å². The molecule has 0 fully saturated rings. The smallest absolute Gasteiger partial charge is 0.280 e. The number of hydrogen-bond donors (Lipinski definition) is 0. The number of carbonyl (C=O) groups is 1. The monoisotopic (exact) mass is 561 g/mol. The summed E-state index contributed by atoms with van der Waals surface area (Å²) in [4.78, 5) is 13.0. The van der Waals surface area contributed by atoms with Crippen LogP contribution in [-0.4, -0.2) is 18.2 Å². The molecule has 0 bridgehead atoms. The Hall–Kier alpha value is -4.43. The lowest BCUT2D eigenvalue weighted by atomic mass is 10.1. The third kappa shape index (κ3) is 5.15. The second-order valence-corrected chi connectivity index (χ2v) is 8.51. The average Bonchev–Trinajstić information content (AvgIpc) is 3.19. The van der Waals surface area contributed by atoms with Crippen molar-refractivity contribution in [3.8, 4) is 17.6 Å². The fourth-order valence-electron chi connectivity index (χ4n) is 3.76. The molecular formula is C27H17ClF5N3O3. The Kier molecular flexibility index (Phi) is 7.88. The van der Waals surface area contributed by atoms with Crippen LogP contribution in [0.25, 0.3) is 6.08 Å². The highest BCUT2D eigenvalue weighted by Crippen LogP contribution is 2.39. The van der Waals surface area contributed by atoms with Crippen LogP contribution < -0.4 is 14.5 Å². The minimum Gasteiger partial charge on any atom is -0.490 e. The van der Waals surface area contributed by atoms with Gasteiger partial charge in [0.05, 0.1) is 34.5 Å². The molecule has 0 atom stereocenters. The number of carbonyl (C=O) groups excluding carboxylic acids is 1. The maximum Gasteiger partial charge on any atom is 0.280 e. The zero-order valence-electron chi connectivity index (χ0n) is 20.3. The number of ether oxygens (including phenoxy) is 2. The number of anilines is 1. The Balaban J connectivity index is 1.68. The van der Waals surface area contributed by atoms with E-state index < -0.39 is 40.7 Å². The Morgan fingerprint density at radius 2 is 1.67 bits per heavy atom. The molecule has 200 valence electrons. The summed E-state index contributed by atoms with van der Waals surface area (Å²) in [5.41, 5.74) is -0.401. The van der Waals surface area contributed by atoms with Gasteiger partial charge in [0, 0.05) is 5.56 Å². The molecule has 1 aliphatic heterocycles. The van der Waals surface area contributed by atoms with E-state index in [1.54, 1.807) is 31.2 Å². The highest BCUT2D eigenvalue weighted by Gasteiger charge is 2.37. The lowest BCUT2D eigenvalue weighted by Gasteiger charge is -2.16. The largest absolute Gasteiger partial charge is 0.490 e. The van der Waals surface area contributed by atoms with E-state index >= 15 is 0 Å². The third-order valence-electron chi connectivity index (χ3n) is 5.61. The molecule has 12 heteroatoms. The summed E-state index contributed by atoms with van der Waals surface area (Å²) < 4.78 is 81.0. The van der Waals surface area contributed by atoms with Crippen molar-refractivity contribution in [3.63, 3.8) is 0 Å². The molecule has 0 N–H and O–H groups in total. The van der Waals surface area contributed by atoms with Crippen molar-refractivity contribution in [3.05, 3.63) is 92.8 Å². The number of nitriles is 1. The Morgan fingerprint density at radius 1 is 1.03 bits per heavy atom. The summed E-state index contributed by atoms with van der Waals surface area (Å²) in [5.74, 6) is -11.9. The number of nitrogens with zero attached hydrogens (tertiary/aromatic N) is 3. The average molecular weight is 562 g/mol. The maximum atomic E-state index is 14.3. The first-order valence-electron chi connectivity index (χ1n) is 11.3. The summed E-state index contributed by atoms with van der Waals surface area (Å²) in [5, 5.41) is 13.2. The molecule has 4 rings (SSSR count). The van der Waals surface area contributed by atoms with Crippen LogP contribution in [0.4, 0.5) is 27.6 Å². The summed E-state index contributed by atoms with van der Waals surface area (Å²) in [7, 11) is 0. The van der Waals surface area contributed by atoms with E-state index in [1.807, 2.05) is 0 Å². The molecule has 3 aromatic rings. The molecule has 0 aliphatic carbocycles. The molecule has 3 aromatic carbocycles. The van der Waals surface area contributed by atoms with Crippen LogP contribution in [0, 0.1) is 40.4 Å². The number of rotatable bonds is 7. The van der Waals surface area contributed by atoms with Crippen LogP contribution >= 0.6 is 11.6 Å². The molecule has 0 saturated heterocycles. The van der Waals surface area contributed by atoms with Crippen molar-refractivity contribution in [1.82, 2.24) is 0 Å². The van der Waals surface area contributed by atoms with Gasteiger partial charge in [0.2, 0.25) is 5.82 Å². The molecule has 39 heavy (non-hydrogen) atoms. The molecule has 6 nitrogen and oxygen atoms in total. The van der Waals surface area contributed by atoms with Crippen molar-refractivity contribution in [2.75, 3.05) is 11.6 Å². The van der Waals surface area contributed by atoms with Crippen molar-refractivity contribution in [2.24, 2.45) is 5.10 Å². The van der Waals surface area contributed by atoms with E-state index in [2.05, 4.69) is 11.2 Å². The molecule has 0 radical (unpaired) electrons. The van der Waals surface area contributed by atoms with Crippen LogP contribution in [0.3, 0.4) is 0 Å². The summed E-state index contributed by atoms with van der Waals surface area (Å²) in [6.07, 6.45) is 1.27. The van der Waals surface area contributed by atoms with Gasteiger partial charge in [-0.05, 0) is 43.7 Å². The molecule has 1 aliphatic rings. The summed E-state index contributed by atoms with van der Waals surface area (Å²) in [6, 6.07) is 11.8. The predicted octanol–water partition coefficient (Wildman–Crippen LogP) is 6.69. The normalized spacial score (nSPS) is 14.0. The molecule has 0 spiro atoms. The van der Waals surface area contributed by atoms with Gasteiger partial charge in [-0.15, -0.1) is 0 Å². The molecule has 0 unspecified atom stereocenters. The van der Waals surface area contributed by atoms with Gasteiger partial charge in [0.25, 0.3) is 5.91 Å². The number of hydrogen-bond acceptors (Lipinski definition) is 5. The predicted molar refractivity (Wildman–Crippen MR) is 133 cm³/mol. The topological polar surface area (TPSA) is 74.9 Å². The molecule has 1 amide bonds. The van der Waals surface area contributed by atoms with E-state index in [4.69, 9.17) is 21.1 Å². The van der Waals surface area contributed by atoms with E-state index in [1.165, 1.54) is 25.1 Å². The fourth-order valence-corrected chi connectivity index (χ4v) is 4.03. The van der Waals surface area contributed by atoms with Gasteiger partial charge in [0.1, 0.15) is 12.3 Å². The summed E-state index contributed by atoms with van der Waals surface area (Å²) in [6.45, 7) is 3.26. The third-order valence-corrected chi connectivity index (χ3v) is 5.89. The Morgan fingerprint density at radius 3 is 2.31 bits per heavy atom. The quantitative estimate of drug-likeness (QED) is 0.139. The van der Waals surface area contributed by atoms with Gasteiger partial charge in [-0.3, -0.25) is 4.79 Å². The zero-order chi connectivity index (χ0) is 28.4. The van der Waals surface area contributed by atoms with E-state index in [0.29, 0.717) is 16.7 Å². The van der Waals surface area contributed by atoms with E-state index in [0.717, 1.165) is 0 Å². The van der Waals surface area contributed by atoms with Gasteiger partial charge in [-0.25, -0.2) is 22.0 Å². The van der Waals surface area contributed by atoms with Crippen molar-refractivity contribution in [2.45, 2.75) is 20.5 Å². The minimum absolute atomic E-state index is 0.00505. The second-order valence-electron chi connectivity index (χ2n) is 8.10.